The highest BCUT2D eigenvalue weighted by Gasteiger charge is 2.21. The molecule has 0 unspecified atom stereocenters. The van der Waals surface area contributed by atoms with Crippen LogP contribution in [0.5, 0.6) is 0 Å². The molecule has 0 saturated carbocycles. The number of rotatable bonds is 4. The van der Waals surface area contributed by atoms with Crippen molar-refractivity contribution >= 4 is 40.3 Å². The summed E-state index contributed by atoms with van der Waals surface area (Å²) in [5.41, 5.74) is 2.19. The number of halogens is 1. The number of anilines is 3. The van der Waals surface area contributed by atoms with Gasteiger partial charge in [-0.15, -0.1) is 0 Å². The molecule has 0 spiro atoms. The molecule has 1 saturated heterocycles. The van der Waals surface area contributed by atoms with Crippen LogP contribution in [0, 0.1) is 10.1 Å². The lowest BCUT2D eigenvalue weighted by Crippen LogP contribution is -2.23. The van der Waals surface area contributed by atoms with Crippen molar-refractivity contribution in [2.24, 2.45) is 0 Å². The van der Waals surface area contributed by atoms with Crippen LogP contribution in [0.2, 0.25) is 5.02 Å². The van der Waals surface area contributed by atoms with E-state index in [1.165, 1.54) is 12.1 Å². The van der Waals surface area contributed by atoms with Crippen molar-refractivity contribution in [2.45, 2.75) is 12.8 Å². The van der Waals surface area contributed by atoms with Gasteiger partial charge >= 0.3 is 0 Å². The molecule has 1 aliphatic heterocycles. The van der Waals surface area contributed by atoms with Gasteiger partial charge in [-0.3, -0.25) is 14.9 Å². The molecular weight excluding hydrogens is 318 g/mol. The van der Waals surface area contributed by atoms with E-state index in [4.69, 9.17) is 11.6 Å². The second kappa shape index (κ2) is 6.26. The summed E-state index contributed by atoms with van der Waals surface area (Å²) in [7, 11) is 0. The lowest BCUT2D eigenvalue weighted by Gasteiger charge is -2.16. The average Bonchev–Trinajstić information content (AvgIpc) is 2.96. The number of nitro benzene ring substituents is 1. The molecular formula is C16H14ClN3O3. The number of nitro groups is 1. The Labute approximate surface area is 137 Å². The van der Waals surface area contributed by atoms with Gasteiger partial charge < -0.3 is 10.2 Å². The Hall–Kier alpha value is -2.60. The van der Waals surface area contributed by atoms with Gasteiger partial charge in [-0.25, -0.2) is 0 Å². The van der Waals surface area contributed by atoms with Gasteiger partial charge in [0.2, 0.25) is 5.91 Å². The zero-order chi connectivity index (χ0) is 16.4. The fourth-order valence-corrected chi connectivity index (χ4v) is 2.74. The summed E-state index contributed by atoms with van der Waals surface area (Å²) < 4.78 is 0. The van der Waals surface area contributed by atoms with Crippen molar-refractivity contribution in [2.75, 3.05) is 16.8 Å². The number of carbonyl (C=O) groups excluding carboxylic acids is 1. The third kappa shape index (κ3) is 3.27. The summed E-state index contributed by atoms with van der Waals surface area (Å²) in [6.45, 7) is 0.750. The summed E-state index contributed by atoms with van der Waals surface area (Å²) in [6, 6.07) is 11.7. The van der Waals surface area contributed by atoms with Gasteiger partial charge in [0.15, 0.2) is 0 Å². The lowest BCUT2D eigenvalue weighted by atomic mass is 10.2. The summed E-state index contributed by atoms with van der Waals surface area (Å²) in [5, 5.41) is 14.1. The third-order valence-electron chi connectivity index (χ3n) is 3.69. The summed E-state index contributed by atoms with van der Waals surface area (Å²) in [4.78, 5) is 23.7. The van der Waals surface area contributed by atoms with Gasteiger partial charge in [-0.2, -0.15) is 0 Å². The Kier molecular flexibility index (Phi) is 4.16. The first-order valence-electron chi connectivity index (χ1n) is 7.16. The fourth-order valence-electron chi connectivity index (χ4n) is 2.52. The van der Waals surface area contributed by atoms with Gasteiger partial charge in [0.05, 0.1) is 15.6 Å². The molecule has 1 amide bonds. The molecule has 23 heavy (non-hydrogen) atoms. The van der Waals surface area contributed by atoms with Crippen LogP contribution in [0.3, 0.4) is 0 Å². The first-order chi connectivity index (χ1) is 11.0. The van der Waals surface area contributed by atoms with Crippen molar-refractivity contribution in [1.82, 2.24) is 0 Å². The molecule has 1 N–H and O–H groups in total. The van der Waals surface area contributed by atoms with E-state index in [-0.39, 0.29) is 16.6 Å². The number of non-ortho nitro benzene ring substituents is 1. The van der Waals surface area contributed by atoms with E-state index < -0.39 is 4.92 Å². The molecule has 2 aromatic rings. The molecule has 1 heterocycles. The minimum absolute atomic E-state index is 0.0524. The van der Waals surface area contributed by atoms with E-state index in [0.29, 0.717) is 12.1 Å². The standard InChI is InChI=1S/C16H14ClN3O3/c17-14-10-13(20(22)23)7-8-15(14)18-11-3-5-12(6-4-11)19-9-1-2-16(19)21/h3-8,10,18H,1-2,9H2. The lowest BCUT2D eigenvalue weighted by molar-refractivity contribution is -0.384. The molecule has 3 rings (SSSR count). The van der Waals surface area contributed by atoms with E-state index >= 15 is 0 Å². The number of benzene rings is 2. The SMILES string of the molecule is O=C1CCCN1c1ccc(Nc2ccc([N+](=O)[O-])cc2Cl)cc1. The second-order valence-corrected chi connectivity index (χ2v) is 5.65. The first kappa shape index (κ1) is 15.3. The third-order valence-corrected chi connectivity index (χ3v) is 4.01. The first-order valence-corrected chi connectivity index (χ1v) is 7.54. The number of nitrogens with one attached hydrogen (secondary N) is 1. The molecule has 118 valence electrons. The van der Waals surface area contributed by atoms with Crippen LogP contribution in [0.15, 0.2) is 42.5 Å². The van der Waals surface area contributed by atoms with E-state index in [1.54, 1.807) is 11.0 Å². The van der Waals surface area contributed by atoms with Crippen LogP contribution in [0.25, 0.3) is 0 Å². The zero-order valence-electron chi connectivity index (χ0n) is 12.2. The highest BCUT2D eigenvalue weighted by Crippen LogP contribution is 2.30. The minimum atomic E-state index is -0.489. The predicted molar refractivity (Wildman–Crippen MR) is 89.4 cm³/mol. The predicted octanol–water partition coefficient (Wildman–Crippen LogP) is 4.12. The Morgan fingerprint density at radius 3 is 2.48 bits per heavy atom. The summed E-state index contributed by atoms with van der Waals surface area (Å²) >= 11 is 6.06. The maximum atomic E-state index is 11.7. The van der Waals surface area contributed by atoms with E-state index in [1.807, 2.05) is 24.3 Å². The monoisotopic (exact) mass is 331 g/mol. The van der Waals surface area contributed by atoms with Crippen LogP contribution in [0.4, 0.5) is 22.7 Å². The van der Waals surface area contributed by atoms with Crippen LogP contribution in [-0.2, 0) is 4.79 Å². The van der Waals surface area contributed by atoms with Crippen molar-refractivity contribution in [3.05, 3.63) is 57.6 Å². The quantitative estimate of drug-likeness (QED) is 0.675. The maximum absolute atomic E-state index is 11.7. The highest BCUT2D eigenvalue weighted by molar-refractivity contribution is 6.33. The number of nitrogens with zero attached hydrogens (tertiary/aromatic N) is 2. The molecule has 1 fully saturated rings. The highest BCUT2D eigenvalue weighted by atomic mass is 35.5. The Morgan fingerprint density at radius 2 is 1.91 bits per heavy atom. The van der Waals surface area contributed by atoms with Gasteiger partial charge in [0.25, 0.3) is 5.69 Å². The largest absolute Gasteiger partial charge is 0.354 e. The van der Waals surface area contributed by atoms with Crippen LogP contribution >= 0.6 is 11.6 Å². The minimum Gasteiger partial charge on any atom is -0.354 e. The van der Waals surface area contributed by atoms with Crippen LogP contribution < -0.4 is 10.2 Å². The van der Waals surface area contributed by atoms with Gasteiger partial charge in [-0.1, -0.05) is 11.6 Å². The van der Waals surface area contributed by atoms with E-state index in [2.05, 4.69) is 5.32 Å². The average molecular weight is 332 g/mol. The van der Waals surface area contributed by atoms with Gasteiger partial charge in [0.1, 0.15) is 0 Å². The van der Waals surface area contributed by atoms with Crippen LogP contribution in [0.1, 0.15) is 12.8 Å². The number of amides is 1. The molecule has 1 aliphatic rings. The van der Waals surface area contributed by atoms with E-state index in [9.17, 15) is 14.9 Å². The van der Waals surface area contributed by atoms with Gasteiger partial charge in [-0.05, 0) is 36.8 Å². The maximum Gasteiger partial charge on any atom is 0.271 e. The molecule has 0 atom stereocenters. The van der Waals surface area contributed by atoms with Crippen molar-refractivity contribution in [3.63, 3.8) is 0 Å². The Morgan fingerprint density at radius 1 is 1.17 bits per heavy atom. The molecule has 6 nitrogen and oxygen atoms in total. The molecule has 0 aromatic heterocycles. The molecule has 7 heteroatoms. The number of hydrogen-bond donors (Lipinski definition) is 1. The van der Waals surface area contributed by atoms with Crippen molar-refractivity contribution in [3.8, 4) is 0 Å². The van der Waals surface area contributed by atoms with Crippen molar-refractivity contribution in [1.29, 1.82) is 0 Å². The Bertz CT molecular complexity index is 762. The molecule has 0 radical (unpaired) electrons. The summed E-state index contributed by atoms with van der Waals surface area (Å²) in [6.07, 6.45) is 1.48. The van der Waals surface area contributed by atoms with E-state index in [0.717, 1.165) is 24.3 Å². The number of hydrogen-bond acceptors (Lipinski definition) is 4. The number of carbonyl (C=O) groups is 1. The van der Waals surface area contributed by atoms with Crippen LogP contribution in [-0.4, -0.2) is 17.4 Å². The summed E-state index contributed by atoms with van der Waals surface area (Å²) in [5.74, 6) is 0.143. The normalized spacial score (nSPS) is 14.1. The molecule has 2 aromatic carbocycles. The zero-order valence-corrected chi connectivity index (χ0v) is 12.9. The second-order valence-electron chi connectivity index (χ2n) is 5.24. The Balaban J connectivity index is 1.76. The topological polar surface area (TPSA) is 75.5 Å². The van der Waals surface area contributed by atoms with Gasteiger partial charge in [0, 0.05) is 36.5 Å². The van der Waals surface area contributed by atoms with Crippen molar-refractivity contribution < 1.29 is 9.72 Å². The molecule has 0 bridgehead atoms. The fraction of sp³-hybridized carbons (Fsp3) is 0.188. The smallest absolute Gasteiger partial charge is 0.271 e. The molecule has 0 aliphatic carbocycles.